The molecule has 4 rings (SSSR count). The SMILES string of the molecule is C1COCCN1.CCOC(=O)c1cnc(Cl)cc1N.CCOC(=O)c1cnc(N2CCOCC2)cc1N. The normalized spacial score (nSPS) is 14.8. The van der Waals surface area contributed by atoms with Crippen LogP contribution in [0.3, 0.4) is 0 Å². The Hall–Kier alpha value is -3.19. The van der Waals surface area contributed by atoms with E-state index in [0.29, 0.717) is 37.7 Å². The second-order valence-electron chi connectivity index (χ2n) is 7.63. The van der Waals surface area contributed by atoms with Crippen molar-refractivity contribution in [1.29, 1.82) is 0 Å². The summed E-state index contributed by atoms with van der Waals surface area (Å²) in [5.41, 5.74) is 12.6. The van der Waals surface area contributed by atoms with Crippen LogP contribution >= 0.6 is 11.6 Å². The van der Waals surface area contributed by atoms with Gasteiger partial charge < -0.3 is 40.6 Å². The number of ether oxygens (including phenoxy) is 4. The zero-order chi connectivity index (χ0) is 27.0. The number of carbonyl (C=O) groups is 2. The molecule has 5 N–H and O–H groups in total. The van der Waals surface area contributed by atoms with Gasteiger partial charge in [-0.05, 0) is 19.9 Å². The number of hydrogen-bond acceptors (Lipinski definition) is 12. The third-order valence-electron chi connectivity index (χ3n) is 5.00. The van der Waals surface area contributed by atoms with Crippen molar-refractivity contribution >= 4 is 40.7 Å². The summed E-state index contributed by atoms with van der Waals surface area (Å²) in [5.74, 6) is -0.149. The highest BCUT2D eigenvalue weighted by Gasteiger charge is 2.16. The van der Waals surface area contributed by atoms with Crippen LogP contribution in [0.2, 0.25) is 5.15 Å². The summed E-state index contributed by atoms with van der Waals surface area (Å²) in [6.07, 6.45) is 2.77. The summed E-state index contributed by atoms with van der Waals surface area (Å²) in [6.45, 7) is 10.9. The molecule has 0 aromatic carbocycles. The molecule has 2 aliphatic heterocycles. The van der Waals surface area contributed by atoms with E-state index in [2.05, 4.69) is 20.2 Å². The molecule has 2 aromatic heterocycles. The van der Waals surface area contributed by atoms with E-state index >= 15 is 0 Å². The first kappa shape index (κ1) is 30.0. The van der Waals surface area contributed by atoms with Gasteiger partial charge in [0, 0.05) is 44.6 Å². The fourth-order valence-corrected chi connectivity index (χ4v) is 3.31. The molecule has 0 unspecified atom stereocenters. The van der Waals surface area contributed by atoms with Crippen LogP contribution in [0.25, 0.3) is 0 Å². The van der Waals surface area contributed by atoms with Gasteiger partial charge in [0.1, 0.15) is 22.1 Å². The standard InChI is InChI=1S/C12H17N3O3.C8H9ClN2O2.C4H9NO/c1-2-18-12(16)9-8-14-11(7-10(9)13)15-3-5-17-6-4-15;1-2-13-8(12)5-4-11-7(9)3-6(5)10;1-3-6-4-2-5-1/h7-8H,2-6H2,1H3,(H2,13,14);3-4H,2H2,1H3,(H2,10,11);5H,1-4H2. The summed E-state index contributed by atoms with van der Waals surface area (Å²) >= 11 is 5.56. The Kier molecular flexibility index (Phi) is 13.4. The Morgan fingerprint density at radius 3 is 1.86 bits per heavy atom. The smallest absolute Gasteiger partial charge is 0.341 e. The van der Waals surface area contributed by atoms with Crippen LogP contribution < -0.4 is 21.7 Å². The lowest BCUT2D eigenvalue weighted by Crippen LogP contribution is -2.36. The van der Waals surface area contributed by atoms with Crippen molar-refractivity contribution in [1.82, 2.24) is 15.3 Å². The zero-order valence-corrected chi connectivity index (χ0v) is 22.0. The quantitative estimate of drug-likeness (QED) is 0.374. The maximum atomic E-state index is 11.6. The molecule has 0 aliphatic carbocycles. The second kappa shape index (κ2) is 16.5. The Morgan fingerprint density at radius 1 is 0.919 bits per heavy atom. The number of nitrogen functional groups attached to an aromatic ring is 2. The number of morpholine rings is 2. The molecular weight excluding hydrogens is 504 g/mol. The molecule has 0 amide bonds. The van der Waals surface area contributed by atoms with E-state index in [1.165, 1.54) is 18.5 Å². The Bertz CT molecular complexity index is 990. The van der Waals surface area contributed by atoms with Crippen molar-refractivity contribution in [3.05, 3.63) is 40.8 Å². The van der Waals surface area contributed by atoms with Crippen molar-refractivity contribution in [2.75, 3.05) is 82.2 Å². The van der Waals surface area contributed by atoms with E-state index in [1.807, 2.05) is 0 Å². The molecule has 0 bridgehead atoms. The minimum Gasteiger partial charge on any atom is -0.462 e. The van der Waals surface area contributed by atoms with Gasteiger partial charge in [0.05, 0.1) is 51.0 Å². The van der Waals surface area contributed by atoms with Gasteiger partial charge in [-0.3, -0.25) is 0 Å². The van der Waals surface area contributed by atoms with E-state index in [1.54, 1.807) is 19.9 Å². The van der Waals surface area contributed by atoms with Crippen LogP contribution in [0.5, 0.6) is 0 Å². The summed E-state index contributed by atoms with van der Waals surface area (Å²) in [5, 5.41) is 3.41. The van der Waals surface area contributed by atoms with Gasteiger partial charge >= 0.3 is 11.9 Å². The van der Waals surface area contributed by atoms with Crippen LogP contribution in [0, 0.1) is 0 Å². The van der Waals surface area contributed by atoms with Crippen LogP contribution in [-0.4, -0.2) is 87.7 Å². The van der Waals surface area contributed by atoms with Crippen molar-refractivity contribution in [2.24, 2.45) is 0 Å². The maximum Gasteiger partial charge on any atom is 0.341 e. The molecule has 37 heavy (non-hydrogen) atoms. The number of aromatic nitrogens is 2. The third-order valence-corrected chi connectivity index (χ3v) is 5.20. The summed E-state index contributed by atoms with van der Waals surface area (Å²) in [6, 6.07) is 3.12. The molecule has 13 heteroatoms. The van der Waals surface area contributed by atoms with E-state index in [-0.39, 0.29) is 16.4 Å². The van der Waals surface area contributed by atoms with Crippen molar-refractivity contribution < 1.29 is 28.5 Å². The van der Waals surface area contributed by atoms with Gasteiger partial charge in [0.25, 0.3) is 0 Å². The summed E-state index contributed by atoms with van der Waals surface area (Å²) in [4.78, 5) is 32.8. The largest absolute Gasteiger partial charge is 0.462 e. The van der Waals surface area contributed by atoms with Crippen LogP contribution in [0.1, 0.15) is 34.6 Å². The van der Waals surface area contributed by atoms with Crippen molar-refractivity contribution in [3.63, 3.8) is 0 Å². The predicted octanol–water partition coefficient (Wildman–Crippen LogP) is 1.78. The highest BCUT2D eigenvalue weighted by molar-refractivity contribution is 6.29. The van der Waals surface area contributed by atoms with Crippen molar-refractivity contribution in [3.8, 4) is 0 Å². The number of halogens is 1. The minimum atomic E-state index is -0.482. The molecule has 0 spiro atoms. The molecule has 204 valence electrons. The Labute approximate surface area is 221 Å². The first-order chi connectivity index (χ1) is 17.9. The van der Waals surface area contributed by atoms with Crippen LogP contribution in [0.4, 0.5) is 17.2 Å². The van der Waals surface area contributed by atoms with Gasteiger partial charge in [-0.1, -0.05) is 11.6 Å². The number of pyridine rings is 2. The zero-order valence-electron chi connectivity index (χ0n) is 21.2. The predicted molar refractivity (Wildman–Crippen MR) is 141 cm³/mol. The molecule has 0 atom stereocenters. The molecule has 12 nitrogen and oxygen atoms in total. The van der Waals surface area contributed by atoms with Gasteiger partial charge in [-0.2, -0.15) is 0 Å². The highest BCUT2D eigenvalue weighted by Crippen LogP contribution is 2.20. The maximum absolute atomic E-state index is 11.6. The number of nitrogens with one attached hydrogen (secondary N) is 1. The lowest BCUT2D eigenvalue weighted by molar-refractivity contribution is 0.0517. The third kappa shape index (κ3) is 10.4. The average Bonchev–Trinajstić information content (AvgIpc) is 2.91. The first-order valence-electron chi connectivity index (χ1n) is 12.0. The van der Waals surface area contributed by atoms with E-state index in [4.69, 9.17) is 42.0 Å². The molecule has 2 saturated heterocycles. The van der Waals surface area contributed by atoms with Crippen LogP contribution in [-0.2, 0) is 18.9 Å². The van der Waals surface area contributed by atoms with Crippen molar-refractivity contribution in [2.45, 2.75) is 13.8 Å². The number of hydrogen-bond donors (Lipinski definition) is 3. The number of nitrogens with two attached hydrogens (primary N) is 2. The second-order valence-corrected chi connectivity index (χ2v) is 8.01. The van der Waals surface area contributed by atoms with Gasteiger partial charge in [-0.25, -0.2) is 19.6 Å². The number of nitrogens with zero attached hydrogens (tertiary/aromatic N) is 3. The number of carbonyl (C=O) groups excluding carboxylic acids is 2. The van der Waals surface area contributed by atoms with Crippen LogP contribution in [0.15, 0.2) is 24.5 Å². The summed E-state index contributed by atoms with van der Waals surface area (Å²) in [7, 11) is 0. The number of esters is 2. The Balaban J connectivity index is 0.000000220. The monoisotopic (exact) mass is 538 g/mol. The molecule has 0 saturated carbocycles. The average molecular weight is 539 g/mol. The molecule has 2 fully saturated rings. The van der Waals surface area contributed by atoms with Gasteiger partial charge in [0.2, 0.25) is 0 Å². The van der Waals surface area contributed by atoms with Gasteiger partial charge in [-0.15, -0.1) is 0 Å². The van der Waals surface area contributed by atoms with Gasteiger partial charge in [0.15, 0.2) is 0 Å². The number of anilines is 3. The Morgan fingerprint density at radius 2 is 1.43 bits per heavy atom. The fraction of sp³-hybridized carbons (Fsp3) is 0.500. The molecular formula is C24H35ClN6O6. The fourth-order valence-electron chi connectivity index (χ4n) is 3.14. The topological polar surface area (TPSA) is 164 Å². The van der Waals surface area contributed by atoms with E-state index < -0.39 is 11.9 Å². The first-order valence-corrected chi connectivity index (χ1v) is 12.4. The van der Waals surface area contributed by atoms with E-state index in [0.717, 1.165) is 45.2 Å². The lowest BCUT2D eigenvalue weighted by atomic mass is 10.2. The minimum absolute atomic E-state index is 0.242. The molecule has 4 heterocycles. The highest BCUT2D eigenvalue weighted by atomic mass is 35.5. The molecule has 0 radical (unpaired) electrons. The molecule has 2 aromatic rings. The summed E-state index contributed by atoms with van der Waals surface area (Å²) < 4.78 is 19.9. The lowest BCUT2D eigenvalue weighted by Gasteiger charge is -2.28. The molecule has 2 aliphatic rings. The number of rotatable bonds is 5. The van der Waals surface area contributed by atoms with E-state index in [9.17, 15) is 9.59 Å².